The summed E-state index contributed by atoms with van der Waals surface area (Å²) in [5, 5.41) is 0. The molecule has 0 N–H and O–H groups in total. The highest BCUT2D eigenvalue weighted by molar-refractivity contribution is 7.99. The Kier molecular flexibility index (Phi) is 3.69. The Balaban J connectivity index is 2.61. The maximum absolute atomic E-state index is 12.8. The molecular formula is C11H14FNS. The van der Waals surface area contributed by atoms with E-state index in [1.165, 1.54) is 24.1 Å². The van der Waals surface area contributed by atoms with Crippen LogP contribution in [0.3, 0.4) is 0 Å². The Morgan fingerprint density at radius 1 is 1.36 bits per heavy atom. The highest BCUT2D eigenvalue weighted by Gasteiger charge is 2.08. The van der Waals surface area contributed by atoms with E-state index in [0.29, 0.717) is 0 Å². The molecule has 0 saturated carbocycles. The first-order chi connectivity index (χ1) is 6.47. The van der Waals surface area contributed by atoms with Crippen LogP contribution in [0.15, 0.2) is 28.7 Å². The Hall–Kier alpha value is -0.830. The van der Waals surface area contributed by atoms with Crippen molar-refractivity contribution in [3.05, 3.63) is 35.6 Å². The molecule has 0 aliphatic rings. The van der Waals surface area contributed by atoms with E-state index in [9.17, 15) is 4.39 Å². The molecule has 0 atom stereocenters. The average molecular weight is 211 g/mol. The monoisotopic (exact) mass is 211 g/mol. The largest absolute Gasteiger partial charge is 0.223 e. The van der Waals surface area contributed by atoms with Crippen molar-refractivity contribution < 1.29 is 4.39 Å². The molecule has 14 heavy (non-hydrogen) atoms. The van der Waals surface area contributed by atoms with E-state index in [1.807, 2.05) is 6.07 Å². The number of nitrogens with zero attached hydrogens (tertiary/aromatic N) is 1. The number of hydrogen-bond acceptors (Lipinski definition) is 2. The van der Waals surface area contributed by atoms with Crippen molar-refractivity contribution >= 4 is 18.2 Å². The van der Waals surface area contributed by atoms with Crippen LogP contribution in [-0.4, -0.2) is 11.0 Å². The number of rotatable bonds is 2. The summed E-state index contributed by atoms with van der Waals surface area (Å²) in [6.45, 7) is 6.25. The fraction of sp³-hybridized carbons (Fsp3) is 0.364. The molecule has 76 valence electrons. The summed E-state index contributed by atoms with van der Waals surface area (Å²) < 4.78 is 17.0. The maximum Gasteiger partial charge on any atom is 0.123 e. The number of hydrogen-bond donors (Lipinski definition) is 0. The van der Waals surface area contributed by atoms with Crippen LogP contribution in [0.1, 0.15) is 26.3 Å². The first-order valence-electron chi connectivity index (χ1n) is 4.44. The lowest BCUT2D eigenvalue weighted by molar-refractivity contribution is 0.627. The third kappa shape index (κ3) is 4.42. The van der Waals surface area contributed by atoms with Crippen molar-refractivity contribution in [2.24, 2.45) is 4.40 Å². The van der Waals surface area contributed by atoms with Gasteiger partial charge in [-0.2, -0.15) is 0 Å². The molecule has 0 fully saturated rings. The molecule has 0 unspecified atom stereocenters. The van der Waals surface area contributed by atoms with Gasteiger partial charge in [-0.25, -0.2) is 8.79 Å². The molecule has 0 heterocycles. The molecule has 1 aromatic carbocycles. The molecule has 1 aromatic rings. The van der Waals surface area contributed by atoms with Gasteiger partial charge in [0, 0.05) is 11.0 Å². The quantitative estimate of drug-likeness (QED) is 0.537. The molecule has 0 saturated heterocycles. The summed E-state index contributed by atoms with van der Waals surface area (Å²) >= 11 is 1.48. The SMILES string of the molecule is CC(C)(C)S/N=C/c1cccc(F)c1. The minimum Gasteiger partial charge on any atom is -0.223 e. The van der Waals surface area contributed by atoms with Gasteiger partial charge in [-0.15, -0.1) is 0 Å². The van der Waals surface area contributed by atoms with Gasteiger partial charge >= 0.3 is 0 Å². The summed E-state index contributed by atoms with van der Waals surface area (Å²) in [4.78, 5) is 0. The van der Waals surface area contributed by atoms with Crippen LogP contribution in [0, 0.1) is 5.82 Å². The number of benzene rings is 1. The van der Waals surface area contributed by atoms with Gasteiger partial charge in [-0.1, -0.05) is 12.1 Å². The first-order valence-corrected chi connectivity index (χ1v) is 5.22. The van der Waals surface area contributed by atoms with Gasteiger partial charge in [-0.05, 0) is 50.4 Å². The Morgan fingerprint density at radius 3 is 2.64 bits per heavy atom. The van der Waals surface area contributed by atoms with Gasteiger partial charge in [-0.3, -0.25) is 0 Å². The summed E-state index contributed by atoms with van der Waals surface area (Å²) in [5.41, 5.74) is 0.793. The molecule has 1 nitrogen and oxygen atoms in total. The number of halogens is 1. The minimum absolute atomic E-state index is 0.101. The standard InChI is InChI=1S/C11H14FNS/c1-11(2,3)14-13-8-9-5-4-6-10(12)7-9/h4-8H,1-3H3/b13-8+. The van der Waals surface area contributed by atoms with Gasteiger partial charge in [0.05, 0.1) is 0 Å². The molecule has 3 heteroatoms. The van der Waals surface area contributed by atoms with Gasteiger partial charge in [0.1, 0.15) is 5.82 Å². The lowest BCUT2D eigenvalue weighted by Gasteiger charge is -2.11. The minimum atomic E-state index is -0.227. The lowest BCUT2D eigenvalue weighted by atomic mass is 10.2. The molecule has 0 aliphatic heterocycles. The zero-order valence-electron chi connectivity index (χ0n) is 8.62. The van der Waals surface area contributed by atoms with Gasteiger partial charge < -0.3 is 0 Å². The van der Waals surface area contributed by atoms with Crippen LogP contribution >= 0.6 is 11.9 Å². The second kappa shape index (κ2) is 4.60. The molecule has 0 spiro atoms. The molecule has 1 rings (SSSR count). The van der Waals surface area contributed by atoms with Gasteiger partial charge in [0.15, 0.2) is 0 Å². The van der Waals surface area contributed by atoms with E-state index >= 15 is 0 Å². The van der Waals surface area contributed by atoms with E-state index in [0.717, 1.165) is 5.56 Å². The normalized spacial score (nSPS) is 12.3. The highest BCUT2D eigenvalue weighted by Crippen LogP contribution is 2.23. The van der Waals surface area contributed by atoms with E-state index < -0.39 is 0 Å². The van der Waals surface area contributed by atoms with Crippen LogP contribution in [0.2, 0.25) is 0 Å². The van der Waals surface area contributed by atoms with Crippen LogP contribution in [-0.2, 0) is 0 Å². The van der Waals surface area contributed by atoms with E-state index in [-0.39, 0.29) is 10.6 Å². The third-order valence-electron chi connectivity index (χ3n) is 1.38. The van der Waals surface area contributed by atoms with E-state index in [2.05, 4.69) is 25.2 Å². The van der Waals surface area contributed by atoms with Crippen LogP contribution in [0.5, 0.6) is 0 Å². The predicted octanol–water partition coefficient (Wildman–Crippen LogP) is 3.69. The van der Waals surface area contributed by atoms with Crippen molar-refractivity contribution in [2.75, 3.05) is 0 Å². The molecule has 0 amide bonds. The van der Waals surface area contributed by atoms with Crippen molar-refractivity contribution in [3.8, 4) is 0 Å². The predicted molar refractivity (Wildman–Crippen MR) is 61.3 cm³/mol. The molecule has 0 aliphatic carbocycles. The molecule has 0 radical (unpaired) electrons. The zero-order valence-corrected chi connectivity index (χ0v) is 9.44. The molecule has 0 aromatic heterocycles. The van der Waals surface area contributed by atoms with Gasteiger partial charge in [0.25, 0.3) is 0 Å². The van der Waals surface area contributed by atoms with E-state index in [1.54, 1.807) is 12.3 Å². The third-order valence-corrected chi connectivity index (χ3v) is 2.14. The van der Waals surface area contributed by atoms with Crippen LogP contribution in [0.4, 0.5) is 4.39 Å². The lowest BCUT2D eigenvalue weighted by Crippen LogP contribution is -2.04. The topological polar surface area (TPSA) is 12.4 Å². The van der Waals surface area contributed by atoms with Crippen molar-refractivity contribution in [1.29, 1.82) is 0 Å². The maximum atomic E-state index is 12.8. The summed E-state index contributed by atoms with van der Waals surface area (Å²) in [5.74, 6) is -0.227. The Labute approximate surface area is 88.6 Å². The highest BCUT2D eigenvalue weighted by atomic mass is 32.2. The van der Waals surface area contributed by atoms with E-state index in [4.69, 9.17) is 0 Å². The molecule has 0 bridgehead atoms. The fourth-order valence-electron chi connectivity index (χ4n) is 0.832. The summed E-state index contributed by atoms with van der Waals surface area (Å²) in [7, 11) is 0. The Bertz CT molecular complexity index is 328. The van der Waals surface area contributed by atoms with Crippen molar-refractivity contribution in [2.45, 2.75) is 25.5 Å². The summed E-state index contributed by atoms with van der Waals surface area (Å²) in [6, 6.07) is 6.40. The first kappa shape index (κ1) is 11.2. The summed E-state index contributed by atoms with van der Waals surface area (Å²) in [6.07, 6.45) is 1.68. The second-order valence-corrected chi connectivity index (χ2v) is 5.61. The second-order valence-electron chi connectivity index (χ2n) is 3.99. The van der Waals surface area contributed by atoms with Crippen LogP contribution < -0.4 is 0 Å². The average Bonchev–Trinajstić information content (AvgIpc) is 2.01. The molecular weight excluding hydrogens is 197 g/mol. The fourth-order valence-corrected chi connectivity index (χ4v) is 1.32. The van der Waals surface area contributed by atoms with Crippen molar-refractivity contribution in [3.63, 3.8) is 0 Å². The smallest absolute Gasteiger partial charge is 0.123 e. The zero-order chi connectivity index (χ0) is 10.6. The van der Waals surface area contributed by atoms with Crippen LogP contribution in [0.25, 0.3) is 0 Å². The van der Waals surface area contributed by atoms with Crippen molar-refractivity contribution in [1.82, 2.24) is 0 Å². The van der Waals surface area contributed by atoms with Gasteiger partial charge in [0.2, 0.25) is 0 Å². The Morgan fingerprint density at radius 2 is 2.07 bits per heavy atom.